The van der Waals surface area contributed by atoms with E-state index in [9.17, 15) is 9.59 Å². The Morgan fingerprint density at radius 1 is 1.26 bits per heavy atom. The van der Waals surface area contributed by atoms with E-state index >= 15 is 0 Å². The van der Waals surface area contributed by atoms with Gasteiger partial charge in [-0.15, -0.1) is 0 Å². The van der Waals surface area contributed by atoms with Gasteiger partial charge in [-0.3, -0.25) is 9.59 Å². The number of carbonyl (C=O) groups is 2. The molecule has 3 aliphatic rings. The molecule has 4 heterocycles. The smallest absolute Gasteiger partial charge is 0.223 e. The van der Waals surface area contributed by atoms with Gasteiger partial charge < -0.3 is 4.90 Å². The van der Waals surface area contributed by atoms with Gasteiger partial charge in [-0.1, -0.05) is 6.42 Å². The molecule has 6 heteroatoms. The van der Waals surface area contributed by atoms with Crippen molar-refractivity contribution < 1.29 is 9.59 Å². The van der Waals surface area contributed by atoms with Crippen LogP contribution in [0, 0.1) is 12.8 Å². The van der Waals surface area contributed by atoms with Gasteiger partial charge in [-0.05, 0) is 39.0 Å². The van der Waals surface area contributed by atoms with Crippen LogP contribution in [0.15, 0.2) is 12.3 Å². The number of carbonyl (C=O) groups excluding carboxylic acids is 2. The largest absolute Gasteiger partial charge is 0.332 e. The van der Waals surface area contributed by atoms with Gasteiger partial charge in [0.1, 0.15) is 5.78 Å². The Bertz CT molecular complexity index is 918. The first kappa shape index (κ1) is 16.9. The first-order valence-electron chi connectivity index (χ1n) is 10.3. The highest BCUT2D eigenvalue weighted by molar-refractivity contribution is 5.83. The van der Waals surface area contributed by atoms with Crippen LogP contribution in [0.5, 0.6) is 0 Å². The summed E-state index contributed by atoms with van der Waals surface area (Å²) in [4.78, 5) is 31.8. The molecule has 0 N–H and O–H groups in total. The minimum absolute atomic E-state index is 0.103. The average Bonchev–Trinajstić information content (AvgIpc) is 3.19. The number of fused-ring (bicyclic) bond motifs is 6. The lowest BCUT2D eigenvalue weighted by Gasteiger charge is -2.36. The lowest BCUT2D eigenvalue weighted by molar-refractivity contribution is -0.135. The molecule has 27 heavy (non-hydrogen) atoms. The third-order valence-electron chi connectivity index (χ3n) is 6.70. The van der Waals surface area contributed by atoms with Gasteiger partial charge in [0.2, 0.25) is 5.91 Å². The predicted octanol–water partition coefficient (Wildman–Crippen LogP) is 3.17. The van der Waals surface area contributed by atoms with Crippen molar-refractivity contribution in [2.24, 2.45) is 5.92 Å². The second-order valence-corrected chi connectivity index (χ2v) is 8.42. The fourth-order valence-electron chi connectivity index (χ4n) is 5.37. The van der Waals surface area contributed by atoms with Crippen molar-refractivity contribution in [2.75, 3.05) is 0 Å². The Hall–Kier alpha value is -2.24. The normalized spacial score (nSPS) is 27.2. The number of nitrogens with zero attached hydrogens (tertiary/aromatic N) is 4. The summed E-state index contributed by atoms with van der Waals surface area (Å²) in [6, 6.07) is 2.38. The van der Waals surface area contributed by atoms with E-state index in [1.807, 2.05) is 23.7 Å². The molecule has 2 aromatic heterocycles. The van der Waals surface area contributed by atoms with Crippen molar-refractivity contribution in [3.63, 3.8) is 0 Å². The molecule has 5 rings (SSSR count). The molecule has 6 nitrogen and oxygen atoms in total. The first-order chi connectivity index (χ1) is 13.1. The Morgan fingerprint density at radius 2 is 2.15 bits per heavy atom. The van der Waals surface area contributed by atoms with Gasteiger partial charge in [0.05, 0.1) is 17.4 Å². The number of Topliss-reactive ketones (excluding diaryl/α,β-unsaturated/α-hetero) is 1. The Kier molecular flexibility index (Phi) is 4.02. The Balaban J connectivity index is 1.37. The third-order valence-corrected chi connectivity index (χ3v) is 6.70. The molecular weight excluding hydrogens is 340 g/mol. The highest BCUT2D eigenvalue weighted by atomic mass is 16.2. The minimum atomic E-state index is 0.103. The molecule has 142 valence electrons. The Morgan fingerprint density at radius 3 is 3.00 bits per heavy atom. The first-order valence-corrected chi connectivity index (χ1v) is 10.3. The number of aromatic nitrogens is 3. The zero-order valence-electron chi connectivity index (χ0n) is 15.9. The fraction of sp³-hybridized carbons (Fsp3) is 0.619. The predicted molar refractivity (Wildman–Crippen MR) is 100 cm³/mol. The molecule has 1 saturated heterocycles. The van der Waals surface area contributed by atoms with E-state index in [2.05, 4.69) is 15.0 Å². The molecule has 0 unspecified atom stereocenters. The molecule has 1 amide bonds. The zero-order chi connectivity index (χ0) is 18.5. The summed E-state index contributed by atoms with van der Waals surface area (Å²) < 4.78 is 1.97. The van der Waals surface area contributed by atoms with E-state index in [0.29, 0.717) is 18.6 Å². The highest BCUT2D eigenvalue weighted by Crippen LogP contribution is 2.44. The lowest BCUT2D eigenvalue weighted by Crippen LogP contribution is -2.43. The van der Waals surface area contributed by atoms with Crippen LogP contribution in [0.3, 0.4) is 0 Å². The maximum atomic E-state index is 13.1. The van der Waals surface area contributed by atoms with Crippen molar-refractivity contribution in [2.45, 2.75) is 76.8 Å². The molecule has 3 atom stereocenters. The highest BCUT2D eigenvalue weighted by Gasteiger charge is 2.43. The molecular formula is C21H26N4O2. The van der Waals surface area contributed by atoms with Crippen molar-refractivity contribution in [3.8, 4) is 0 Å². The molecule has 1 saturated carbocycles. The lowest BCUT2D eigenvalue weighted by atomic mass is 9.84. The summed E-state index contributed by atoms with van der Waals surface area (Å²) in [5.41, 5.74) is 4.23. The molecule has 0 aromatic carbocycles. The van der Waals surface area contributed by atoms with E-state index in [4.69, 9.17) is 0 Å². The number of ketones is 1. The number of aryl methyl sites for hydroxylation is 1. The summed E-state index contributed by atoms with van der Waals surface area (Å²) in [6.07, 6.45) is 9.85. The number of hydrogen-bond acceptors (Lipinski definition) is 4. The van der Waals surface area contributed by atoms with Gasteiger partial charge in [0.25, 0.3) is 0 Å². The van der Waals surface area contributed by atoms with Gasteiger partial charge in [0.15, 0.2) is 5.65 Å². The van der Waals surface area contributed by atoms with Crippen molar-refractivity contribution in [3.05, 3.63) is 29.2 Å². The molecule has 0 radical (unpaired) electrons. The second kappa shape index (κ2) is 6.43. The van der Waals surface area contributed by atoms with Crippen LogP contribution < -0.4 is 0 Å². The summed E-state index contributed by atoms with van der Waals surface area (Å²) in [7, 11) is 0. The second-order valence-electron chi connectivity index (χ2n) is 8.42. The SMILES string of the molecule is Cc1cc2ncc3c(n2n1)C[C@H]1CC[C@H]3N1C(=O)CC[C@H]1CCCCC1=O. The summed E-state index contributed by atoms with van der Waals surface area (Å²) in [5, 5.41) is 4.61. The van der Waals surface area contributed by atoms with Crippen LogP contribution in [0.1, 0.15) is 74.4 Å². The molecule has 2 aliphatic heterocycles. The summed E-state index contributed by atoms with van der Waals surface area (Å²) >= 11 is 0. The van der Waals surface area contributed by atoms with Gasteiger partial charge in [-0.2, -0.15) is 5.10 Å². The van der Waals surface area contributed by atoms with Crippen LogP contribution in [-0.2, 0) is 16.0 Å². The van der Waals surface area contributed by atoms with E-state index in [1.54, 1.807) is 0 Å². The molecule has 0 spiro atoms. The number of amides is 1. The zero-order valence-corrected chi connectivity index (χ0v) is 15.9. The van der Waals surface area contributed by atoms with Crippen LogP contribution in [0.2, 0.25) is 0 Å². The van der Waals surface area contributed by atoms with Crippen LogP contribution in [0.4, 0.5) is 0 Å². The quantitative estimate of drug-likeness (QED) is 0.837. The standard InChI is InChI=1S/C21H26N4O2/c1-13-10-20-22-12-16-17-8-7-15(11-18(16)25(20)23-13)24(17)21(27)9-6-14-4-2-3-5-19(14)26/h10,12,14-15,17H,2-9,11H2,1H3/t14-,15-,17-/m1/s1. The Labute approximate surface area is 158 Å². The summed E-state index contributed by atoms with van der Waals surface area (Å²) in [6.45, 7) is 1.99. The van der Waals surface area contributed by atoms with Crippen molar-refractivity contribution in [1.29, 1.82) is 0 Å². The van der Waals surface area contributed by atoms with Gasteiger partial charge >= 0.3 is 0 Å². The average molecular weight is 366 g/mol. The monoisotopic (exact) mass is 366 g/mol. The van der Waals surface area contributed by atoms with E-state index < -0.39 is 0 Å². The third kappa shape index (κ3) is 2.77. The number of rotatable bonds is 3. The van der Waals surface area contributed by atoms with Gasteiger partial charge in [0, 0.05) is 49.0 Å². The molecule has 2 aromatic rings. The van der Waals surface area contributed by atoms with E-state index in [-0.39, 0.29) is 23.9 Å². The van der Waals surface area contributed by atoms with E-state index in [1.165, 1.54) is 5.69 Å². The van der Waals surface area contributed by atoms with Crippen LogP contribution in [0.25, 0.3) is 5.65 Å². The fourth-order valence-corrected chi connectivity index (χ4v) is 5.37. The van der Waals surface area contributed by atoms with Crippen molar-refractivity contribution >= 4 is 17.3 Å². The maximum absolute atomic E-state index is 13.1. The topological polar surface area (TPSA) is 67.6 Å². The van der Waals surface area contributed by atoms with E-state index in [0.717, 1.165) is 61.9 Å². The van der Waals surface area contributed by atoms with Crippen LogP contribution in [-0.4, -0.2) is 37.2 Å². The molecule has 2 bridgehead atoms. The number of hydrogen-bond donors (Lipinski definition) is 0. The van der Waals surface area contributed by atoms with Crippen molar-refractivity contribution in [1.82, 2.24) is 19.5 Å². The molecule has 2 fully saturated rings. The van der Waals surface area contributed by atoms with Crippen LogP contribution >= 0.6 is 0 Å². The minimum Gasteiger partial charge on any atom is -0.332 e. The maximum Gasteiger partial charge on any atom is 0.223 e. The molecule has 1 aliphatic carbocycles. The summed E-state index contributed by atoms with van der Waals surface area (Å²) in [5.74, 6) is 0.677. The van der Waals surface area contributed by atoms with Gasteiger partial charge in [-0.25, -0.2) is 9.50 Å².